The van der Waals surface area contributed by atoms with Gasteiger partial charge in [0.25, 0.3) is 0 Å². The molecule has 0 spiro atoms. The SMILES string of the molecule is C[C@H](O)c1ccnc(Oc2c(Br)cccc2[N+](=O)[O-])c1. The maximum absolute atomic E-state index is 11.0. The molecule has 0 saturated carbocycles. The molecule has 104 valence electrons. The van der Waals surface area contributed by atoms with Crippen molar-refractivity contribution in [1.29, 1.82) is 0 Å². The zero-order valence-electron chi connectivity index (χ0n) is 10.5. The van der Waals surface area contributed by atoms with Crippen LogP contribution in [0.25, 0.3) is 0 Å². The van der Waals surface area contributed by atoms with Crippen molar-refractivity contribution in [3.05, 3.63) is 56.7 Å². The molecule has 7 heteroatoms. The van der Waals surface area contributed by atoms with E-state index in [0.29, 0.717) is 10.0 Å². The average molecular weight is 339 g/mol. The van der Waals surface area contributed by atoms with E-state index in [1.54, 1.807) is 25.1 Å². The third-order valence-corrected chi connectivity index (χ3v) is 3.22. The molecule has 2 aromatic rings. The van der Waals surface area contributed by atoms with Gasteiger partial charge in [-0.25, -0.2) is 4.98 Å². The first-order valence-electron chi connectivity index (χ1n) is 5.74. The number of hydrogen-bond donors (Lipinski definition) is 1. The van der Waals surface area contributed by atoms with Crippen molar-refractivity contribution in [1.82, 2.24) is 4.98 Å². The van der Waals surface area contributed by atoms with Gasteiger partial charge in [-0.1, -0.05) is 6.07 Å². The quantitative estimate of drug-likeness (QED) is 0.679. The number of halogens is 1. The number of rotatable bonds is 4. The van der Waals surface area contributed by atoms with Crippen LogP contribution in [0.2, 0.25) is 0 Å². The Labute approximate surface area is 123 Å². The van der Waals surface area contributed by atoms with Gasteiger partial charge in [0.05, 0.1) is 15.5 Å². The maximum atomic E-state index is 11.0. The van der Waals surface area contributed by atoms with Gasteiger partial charge >= 0.3 is 5.69 Å². The highest BCUT2D eigenvalue weighted by molar-refractivity contribution is 9.10. The number of para-hydroxylation sites is 1. The topological polar surface area (TPSA) is 85.5 Å². The summed E-state index contributed by atoms with van der Waals surface area (Å²) in [5.74, 6) is 0.256. The predicted molar refractivity (Wildman–Crippen MR) is 75.7 cm³/mol. The van der Waals surface area contributed by atoms with Gasteiger partial charge in [0, 0.05) is 18.3 Å². The van der Waals surface area contributed by atoms with Gasteiger partial charge in [0.1, 0.15) is 0 Å². The summed E-state index contributed by atoms with van der Waals surface area (Å²) < 4.78 is 5.94. The third-order valence-electron chi connectivity index (χ3n) is 2.59. The summed E-state index contributed by atoms with van der Waals surface area (Å²) in [6.45, 7) is 1.61. The number of nitrogens with zero attached hydrogens (tertiary/aromatic N) is 2. The summed E-state index contributed by atoms with van der Waals surface area (Å²) in [7, 11) is 0. The standard InChI is InChI=1S/C13H11BrN2O4/c1-8(17)9-5-6-15-12(7-9)20-13-10(14)3-2-4-11(13)16(18)19/h2-8,17H,1H3/t8-/m0/s1. The van der Waals surface area contributed by atoms with Crippen LogP contribution < -0.4 is 4.74 Å². The maximum Gasteiger partial charge on any atom is 0.312 e. The number of ether oxygens (including phenoxy) is 1. The van der Waals surface area contributed by atoms with Crippen molar-refractivity contribution in [2.24, 2.45) is 0 Å². The first kappa shape index (κ1) is 14.4. The van der Waals surface area contributed by atoms with Crippen molar-refractivity contribution < 1.29 is 14.8 Å². The van der Waals surface area contributed by atoms with Gasteiger partial charge in [-0.15, -0.1) is 0 Å². The van der Waals surface area contributed by atoms with E-state index >= 15 is 0 Å². The fourth-order valence-corrected chi connectivity index (χ4v) is 2.02. The van der Waals surface area contributed by atoms with E-state index in [2.05, 4.69) is 20.9 Å². The fourth-order valence-electron chi connectivity index (χ4n) is 1.59. The van der Waals surface area contributed by atoms with E-state index in [1.165, 1.54) is 18.3 Å². The summed E-state index contributed by atoms with van der Waals surface area (Å²) >= 11 is 3.21. The molecule has 6 nitrogen and oxygen atoms in total. The Morgan fingerprint density at radius 2 is 2.20 bits per heavy atom. The first-order valence-corrected chi connectivity index (χ1v) is 6.53. The zero-order valence-corrected chi connectivity index (χ0v) is 12.1. The van der Waals surface area contributed by atoms with Crippen LogP contribution in [0.15, 0.2) is 41.0 Å². The van der Waals surface area contributed by atoms with E-state index < -0.39 is 11.0 Å². The molecular formula is C13H11BrN2O4. The lowest BCUT2D eigenvalue weighted by atomic mass is 10.2. The second-order valence-corrected chi connectivity index (χ2v) is 4.90. The summed E-state index contributed by atoms with van der Waals surface area (Å²) in [6.07, 6.45) is 0.801. The molecule has 0 aliphatic carbocycles. The van der Waals surface area contributed by atoms with Crippen LogP contribution in [0, 0.1) is 10.1 Å². The Hall–Kier alpha value is -1.99. The Balaban J connectivity index is 2.40. The number of hydrogen-bond acceptors (Lipinski definition) is 5. The molecule has 1 aromatic carbocycles. The number of nitro benzene ring substituents is 1. The van der Waals surface area contributed by atoms with Crippen LogP contribution in [0.3, 0.4) is 0 Å². The van der Waals surface area contributed by atoms with Crippen LogP contribution in [0.4, 0.5) is 5.69 Å². The molecule has 0 fully saturated rings. The molecule has 0 saturated heterocycles. The average Bonchev–Trinajstić information content (AvgIpc) is 2.41. The number of aliphatic hydroxyl groups is 1. The highest BCUT2D eigenvalue weighted by atomic mass is 79.9. The summed E-state index contributed by atoms with van der Waals surface area (Å²) in [6, 6.07) is 7.72. The lowest BCUT2D eigenvalue weighted by Crippen LogP contribution is -1.97. The normalized spacial score (nSPS) is 11.9. The van der Waals surface area contributed by atoms with E-state index in [1.807, 2.05) is 0 Å². The Bertz CT molecular complexity index is 646. The van der Waals surface area contributed by atoms with Crippen LogP contribution in [0.5, 0.6) is 11.6 Å². The van der Waals surface area contributed by atoms with Crippen LogP contribution in [-0.2, 0) is 0 Å². The van der Waals surface area contributed by atoms with Gasteiger partial charge < -0.3 is 9.84 Å². The molecule has 0 amide bonds. The smallest absolute Gasteiger partial charge is 0.312 e. The van der Waals surface area contributed by atoms with E-state index in [4.69, 9.17) is 4.74 Å². The number of aromatic nitrogens is 1. The van der Waals surface area contributed by atoms with E-state index in [-0.39, 0.29) is 17.3 Å². The molecule has 0 unspecified atom stereocenters. The lowest BCUT2D eigenvalue weighted by Gasteiger charge is -2.09. The minimum absolute atomic E-state index is 0.0766. The highest BCUT2D eigenvalue weighted by Crippen LogP contribution is 2.37. The second kappa shape index (κ2) is 5.98. The molecule has 1 N–H and O–H groups in total. The predicted octanol–water partition coefficient (Wildman–Crippen LogP) is 3.60. The molecule has 2 rings (SSSR count). The van der Waals surface area contributed by atoms with Gasteiger partial charge in [0.15, 0.2) is 0 Å². The Morgan fingerprint density at radius 3 is 2.85 bits per heavy atom. The second-order valence-electron chi connectivity index (χ2n) is 4.05. The molecule has 1 heterocycles. The van der Waals surface area contributed by atoms with Crippen LogP contribution in [0.1, 0.15) is 18.6 Å². The fraction of sp³-hybridized carbons (Fsp3) is 0.154. The highest BCUT2D eigenvalue weighted by Gasteiger charge is 2.19. The summed E-state index contributed by atoms with van der Waals surface area (Å²) in [5.41, 5.74) is 0.452. The van der Waals surface area contributed by atoms with Crippen LogP contribution in [-0.4, -0.2) is 15.0 Å². The molecular weight excluding hydrogens is 328 g/mol. The number of nitro groups is 1. The Morgan fingerprint density at radius 1 is 1.45 bits per heavy atom. The van der Waals surface area contributed by atoms with Gasteiger partial charge in [-0.2, -0.15) is 0 Å². The number of pyridine rings is 1. The third kappa shape index (κ3) is 3.12. The van der Waals surface area contributed by atoms with E-state index in [9.17, 15) is 15.2 Å². The van der Waals surface area contributed by atoms with Crippen molar-refractivity contribution in [3.8, 4) is 11.6 Å². The molecule has 1 aromatic heterocycles. The minimum atomic E-state index is -0.672. The number of benzene rings is 1. The summed E-state index contributed by atoms with van der Waals surface area (Å²) in [4.78, 5) is 14.4. The Kier molecular flexibility index (Phi) is 4.31. The van der Waals surface area contributed by atoms with Gasteiger partial charge in [-0.05, 0) is 40.5 Å². The van der Waals surface area contributed by atoms with E-state index in [0.717, 1.165) is 0 Å². The molecule has 20 heavy (non-hydrogen) atoms. The van der Waals surface area contributed by atoms with Crippen LogP contribution >= 0.6 is 15.9 Å². The lowest BCUT2D eigenvalue weighted by molar-refractivity contribution is -0.385. The molecule has 0 aliphatic heterocycles. The van der Waals surface area contributed by atoms with Crippen molar-refractivity contribution in [3.63, 3.8) is 0 Å². The molecule has 0 radical (unpaired) electrons. The summed E-state index contributed by atoms with van der Waals surface area (Å²) in [5, 5.41) is 20.5. The van der Waals surface area contributed by atoms with Crippen molar-refractivity contribution in [2.45, 2.75) is 13.0 Å². The molecule has 0 aliphatic rings. The largest absolute Gasteiger partial charge is 0.431 e. The molecule has 1 atom stereocenters. The molecule has 0 bridgehead atoms. The first-order chi connectivity index (χ1) is 9.49. The van der Waals surface area contributed by atoms with Gasteiger partial charge in [-0.3, -0.25) is 10.1 Å². The monoisotopic (exact) mass is 338 g/mol. The number of aliphatic hydroxyl groups excluding tert-OH is 1. The van der Waals surface area contributed by atoms with Gasteiger partial charge in [0.2, 0.25) is 11.6 Å². The van der Waals surface area contributed by atoms with Crippen molar-refractivity contribution >= 4 is 21.6 Å². The minimum Gasteiger partial charge on any atom is -0.431 e. The zero-order chi connectivity index (χ0) is 14.7. The van der Waals surface area contributed by atoms with Crippen molar-refractivity contribution in [2.75, 3.05) is 0 Å².